The van der Waals surface area contributed by atoms with E-state index < -0.39 is 11.6 Å². The van der Waals surface area contributed by atoms with E-state index in [1.54, 1.807) is 6.07 Å². The van der Waals surface area contributed by atoms with E-state index in [0.717, 1.165) is 26.2 Å². The lowest BCUT2D eigenvalue weighted by Gasteiger charge is -2.28. The second-order valence-corrected chi connectivity index (χ2v) is 8.83. The van der Waals surface area contributed by atoms with E-state index in [-0.39, 0.29) is 0 Å². The largest absolute Gasteiger partial charge is 0.204 e. The highest BCUT2D eigenvalue weighted by Gasteiger charge is 2.22. The zero-order valence-corrected chi connectivity index (χ0v) is 15.9. The molecule has 2 aromatic rings. The summed E-state index contributed by atoms with van der Waals surface area (Å²) in [6.45, 7) is 2.27. The van der Waals surface area contributed by atoms with Gasteiger partial charge in [-0.05, 0) is 53.1 Å². The molecular formula is C22H26F2Si. The Labute approximate surface area is 152 Å². The van der Waals surface area contributed by atoms with Gasteiger partial charge in [-0.1, -0.05) is 69.0 Å². The molecular weight excluding hydrogens is 330 g/mol. The Morgan fingerprint density at radius 1 is 0.880 bits per heavy atom. The summed E-state index contributed by atoms with van der Waals surface area (Å²) in [5.74, 6) is -0.924. The second kappa shape index (κ2) is 8.75. The van der Waals surface area contributed by atoms with Gasteiger partial charge in [-0.25, -0.2) is 8.78 Å². The minimum absolute atomic E-state index is 0.659. The van der Waals surface area contributed by atoms with Gasteiger partial charge in [-0.15, -0.1) is 0 Å². The standard InChI is InChI=1S/C22H26F2Si/c1-2-3-14-25-20-11-8-17(9-12-20)16-4-6-18(7-5-16)19-10-13-21(23)22(24)15-19/h4-7,10,13,15,17,20H,2-3,8-9,11-12,14H2,1H3. The van der Waals surface area contributed by atoms with E-state index in [9.17, 15) is 8.78 Å². The molecule has 132 valence electrons. The van der Waals surface area contributed by atoms with Crippen LogP contribution in [0.1, 0.15) is 56.9 Å². The van der Waals surface area contributed by atoms with Gasteiger partial charge in [0, 0.05) is 9.52 Å². The lowest BCUT2D eigenvalue weighted by molar-refractivity contribution is 0.440. The van der Waals surface area contributed by atoms with E-state index in [1.165, 1.54) is 62.3 Å². The Bertz CT molecular complexity index is 673. The van der Waals surface area contributed by atoms with Gasteiger partial charge < -0.3 is 0 Å². The molecule has 0 aromatic heterocycles. The summed E-state index contributed by atoms with van der Waals surface area (Å²) in [5.41, 5.74) is 4.01. The summed E-state index contributed by atoms with van der Waals surface area (Å²) in [6, 6.07) is 13.9. The number of hydrogen-bond donors (Lipinski definition) is 0. The molecule has 0 atom stereocenters. The molecule has 0 heterocycles. The predicted molar refractivity (Wildman–Crippen MR) is 102 cm³/mol. The van der Waals surface area contributed by atoms with Crippen LogP contribution in [0.4, 0.5) is 8.78 Å². The molecule has 25 heavy (non-hydrogen) atoms. The summed E-state index contributed by atoms with van der Waals surface area (Å²) in [6.07, 6.45) is 7.98. The molecule has 0 N–H and O–H groups in total. The Morgan fingerprint density at radius 3 is 2.20 bits per heavy atom. The maximum atomic E-state index is 13.4. The van der Waals surface area contributed by atoms with Crippen molar-refractivity contribution in [3.05, 3.63) is 59.7 Å². The maximum Gasteiger partial charge on any atom is 0.159 e. The third-order valence-electron chi connectivity index (χ3n) is 5.33. The molecule has 0 bridgehead atoms. The Hall–Kier alpha value is -1.48. The van der Waals surface area contributed by atoms with Gasteiger partial charge in [0.15, 0.2) is 11.6 Å². The molecule has 2 aromatic carbocycles. The highest BCUT2D eigenvalue weighted by molar-refractivity contribution is 6.37. The first-order chi connectivity index (χ1) is 12.2. The molecule has 0 unspecified atom stereocenters. The zero-order chi connectivity index (χ0) is 17.6. The van der Waals surface area contributed by atoms with Crippen LogP contribution in [0.5, 0.6) is 0 Å². The predicted octanol–water partition coefficient (Wildman–Crippen LogP) is 7.00. The van der Waals surface area contributed by atoms with Crippen LogP contribution in [0.25, 0.3) is 11.1 Å². The highest BCUT2D eigenvalue weighted by atomic mass is 28.2. The number of hydrogen-bond acceptors (Lipinski definition) is 0. The van der Waals surface area contributed by atoms with Gasteiger partial charge in [0.25, 0.3) is 0 Å². The van der Waals surface area contributed by atoms with Crippen LogP contribution in [0.3, 0.4) is 0 Å². The van der Waals surface area contributed by atoms with Gasteiger partial charge in [0.2, 0.25) is 0 Å². The molecule has 1 fully saturated rings. The molecule has 3 heteroatoms. The lowest BCUT2D eigenvalue weighted by Crippen LogP contribution is -2.14. The van der Waals surface area contributed by atoms with E-state index in [0.29, 0.717) is 5.92 Å². The first-order valence-corrected chi connectivity index (χ1v) is 10.7. The Balaban J connectivity index is 1.59. The molecule has 1 saturated carbocycles. The number of unbranched alkanes of at least 4 members (excludes halogenated alkanes) is 1. The molecule has 2 radical (unpaired) electrons. The van der Waals surface area contributed by atoms with Crippen molar-refractivity contribution in [2.75, 3.05) is 0 Å². The van der Waals surface area contributed by atoms with Gasteiger partial charge >= 0.3 is 0 Å². The summed E-state index contributed by atoms with van der Waals surface area (Å²) >= 11 is 0. The third kappa shape index (κ3) is 4.78. The number of rotatable bonds is 6. The molecule has 0 aliphatic heterocycles. The first-order valence-electron chi connectivity index (χ1n) is 9.46. The van der Waals surface area contributed by atoms with Gasteiger partial charge in [-0.2, -0.15) is 0 Å². The quantitative estimate of drug-likeness (QED) is 0.386. The van der Waals surface area contributed by atoms with E-state index in [4.69, 9.17) is 0 Å². The van der Waals surface area contributed by atoms with Crippen molar-refractivity contribution in [3.63, 3.8) is 0 Å². The van der Waals surface area contributed by atoms with Gasteiger partial charge in [-0.3, -0.25) is 0 Å². The smallest absolute Gasteiger partial charge is 0.159 e. The van der Waals surface area contributed by atoms with Crippen LogP contribution < -0.4 is 0 Å². The number of benzene rings is 2. The van der Waals surface area contributed by atoms with E-state index in [1.807, 2.05) is 12.1 Å². The van der Waals surface area contributed by atoms with Crippen LogP contribution in [0.2, 0.25) is 11.6 Å². The van der Waals surface area contributed by atoms with Crippen LogP contribution in [0, 0.1) is 11.6 Å². The van der Waals surface area contributed by atoms with E-state index in [2.05, 4.69) is 19.1 Å². The zero-order valence-electron chi connectivity index (χ0n) is 14.9. The van der Waals surface area contributed by atoms with Crippen molar-refractivity contribution in [2.45, 2.75) is 63.0 Å². The fraction of sp³-hybridized carbons (Fsp3) is 0.455. The van der Waals surface area contributed by atoms with Crippen molar-refractivity contribution < 1.29 is 8.78 Å². The number of halogens is 2. The fourth-order valence-corrected chi connectivity index (χ4v) is 5.44. The van der Waals surface area contributed by atoms with Crippen molar-refractivity contribution in [2.24, 2.45) is 0 Å². The van der Waals surface area contributed by atoms with E-state index >= 15 is 0 Å². The van der Waals surface area contributed by atoms with Crippen molar-refractivity contribution >= 4 is 9.52 Å². The maximum absolute atomic E-state index is 13.4. The molecule has 0 spiro atoms. The van der Waals surface area contributed by atoms with Crippen molar-refractivity contribution in [1.82, 2.24) is 0 Å². The van der Waals surface area contributed by atoms with Crippen LogP contribution in [0.15, 0.2) is 42.5 Å². The molecule has 1 aliphatic carbocycles. The SMILES string of the molecule is CCCC[Si]C1CCC(c2ccc(-c3ccc(F)c(F)c3)cc2)CC1. The normalized spacial score (nSPS) is 20.6. The van der Waals surface area contributed by atoms with Gasteiger partial charge in [0.1, 0.15) is 0 Å². The molecule has 0 nitrogen and oxygen atoms in total. The minimum atomic E-state index is -0.795. The molecule has 3 rings (SSSR count). The molecule has 1 aliphatic rings. The summed E-state index contributed by atoms with van der Waals surface area (Å²) in [7, 11) is 1.15. The van der Waals surface area contributed by atoms with Crippen LogP contribution in [-0.2, 0) is 0 Å². The fourth-order valence-electron chi connectivity index (χ4n) is 3.74. The minimum Gasteiger partial charge on any atom is -0.204 e. The molecule has 0 saturated heterocycles. The van der Waals surface area contributed by atoms with Crippen molar-refractivity contribution in [1.29, 1.82) is 0 Å². The Kier molecular flexibility index (Phi) is 6.41. The third-order valence-corrected chi connectivity index (χ3v) is 7.12. The summed E-state index contributed by atoms with van der Waals surface area (Å²) < 4.78 is 26.5. The topological polar surface area (TPSA) is 0 Å². The lowest BCUT2D eigenvalue weighted by atomic mass is 9.83. The summed E-state index contributed by atoms with van der Waals surface area (Å²) in [5, 5.41) is 0. The average Bonchev–Trinajstić information content (AvgIpc) is 2.65. The van der Waals surface area contributed by atoms with Gasteiger partial charge in [0.05, 0.1) is 0 Å². The molecule has 0 amide bonds. The summed E-state index contributed by atoms with van der Waals surface area (Å²) in [4.78, 5) is 0. The Morgan fingerprint density at radius 2 is 1.56 bits per heavy atom. The van der Waals surface area contributed by atoms with Crippen LogP contribution >= 0.6 is 0 Å². The highest BCUT2D eigenvalue weighted by Crippen LogP contribution is 2.39. The van der Waals surface area contributed by atoms with Crippen LogP contribution in [-0.4, -0.2) is 9.52 Å². The first kappa shape index (κ1) is 18.3. The monoisotopic (exact) mass is 356 g/mol. The second-order valence-electron chi connectivity index (χ2n) is 7.11. The van der Waals surface area contributed by atoms with Crippen molar-refractivity contribution in [3.8, 4) is 11.1 Å². The average molecular weight is 357 g/mol.